The van der Waals surface area contributed by atoms with E-state index in [1.807, 2.05) is 4.90 Å². The number of hydrogen-bond donors (Lipinski definition) is 1. The molecule has 2 nitrogen and oxygen atoms in total. The molecule has 5 heteroatoms. The molecule has 0 unspecified atom stereocenters. The second-order valence-electron chi connectivity index (χ2n) is 6.27. The Morgan fingerprint density at radius 3 is 2.29 bits per heavy atom. The molecule has 1 heterocycles. The topological polar surface area (TPSA) is 15.3 Å². The van der Waals surface area contributed by atoms with Crippen LogP contribution in [-0.2, 0) is 0 Å². The van der Waals surface area contributed by atoms with Crippen molar-refractivity contribution in [1.29, 1.82) is 0 Å². The minimum atomic E-state index is -1.39. The molecule has 21 heavy (non-hydrogen) atoms. The molecule has 0 atom stereocenters. The van der Waals surface area contributed by atoms with Gasteiger partial charge in [-0.05, 0) is 25.8 Å². The number of nitrogens with zero attached hydrogens (tertiary/aromatic N) is 1. The van der Waals surface area contributed by atoms with E-state index in [0.29, 0.717) is 5.69 Å². The molecule has 1 saturated heterocycles. The Morgan fingerprint density at radius 2 is 1.62 bits per heavy atom. The molecule has 1 aliphatic carbocycles. The largest absolute Gasteiger partial charge is 0.369 e. The minimum absolute atomic E-state index is 0.0378. The lowest BCUT2D eigenvalue weighted by molar-refractivity contribution is 0.246. The van der Waals surface area contributed by atoms with Gasteiger partial charge in [-0.25, -0.2) is 13.2 Å². The quantitative estimate of drug-likeness (QED) is 0.797. The third kappa shape index (κ3) is 3.03. The van der Waals surface area contributed by atoms with Crippen molar-refractivity contribution in [1.82, 2.24) is 5.32 Å². The van der Waals surface area contributed by atoms with Crippen molar-refractivity contribution >= 4 is 5.69 Å². The Labute approximate surface area is 123 Å². The first-order valence-corrected chi connectivity index (χ1v) is 7.74. The summed E-state index contributed by atoms with van der Waals surface area (Å²) in [6, 6.07) is 2.22. The summed E-state index contributed by atoms with van der Waals surface area (Å²) in [7, 11) is 0. The van der Waals surface area contributed by atoms with Crippen molar-refractivity contribution in [2.45, 2.75) is 44.1 Å². The van der Waals surface area contributed by atoms with Crippen LogP contribution in [0.3, 0.4) is 0 Å². The highest BCUT2D eigenvalue weighted by Crippen LogP contribution is 2.32. The summed E-state index contributed by atoms with van der Waals surface area (Å²) in [5.41, 5.74) is 0.482. The summed E-state index contributed by atoms with van der Waals surface area (Å²) in [6.07, 6.45) is 6.73. The third-order valence-electron chi connectivity index (χ3n) is 4.74. The third-order valence-corrected chi connectivity index (χ3v) is 4.74. The lowest BCUT2D eigenvalue weighted by atomic mass is 9.81. The van der Waals surface area contributed by atoms with E-state index < -0.39 is 17.5 Å². The molecule has 1 spiro atoms. The molecular weight excluding hydrogens is 277 g/mol. The van der Waals surface area contributed by atoms with Crippen LogP contribution in [0.25, 0.3) is 0 Å². The predicted octanol–water partition coefficient (Wildman–Crippen LogP) is 3.61. The van der Waals surface area contributed by atoms with Crippen LogP contribution in [0.1, 0.15) is 38.5 Å². The maximum Gasteiger partial charge on any atom is 0.194 e. The van der Waals surface area contributed by atoms with Gasteiger partial charge in [-0.2, -0.15) is 0 Å². The summed E-state index contributed by atoms with van der Waals surface area (Å²) in [6.45, 7) is 2.39. The van der Waals surface area contributed by atoms with Crippen LogP contribution >= 0.6 is 0 Å². The van der Waals surface area contributed by atoms with Crippen LogP contribution in [0, 0.1) is 17.5 Å². The molecule has 3 rings (SSSR count). The highest BCUT2D eigenvalue weighted by Gasteiger charge is 2.35. The smallest absolute Gasteiger partial charge is 0.194 e. The monoisotopic (exact) mass is 298 g/mol. The molecule has 1 aromatic rings. The van der Waals surface area contributed by atoms with Gasteiger partial charge in [0.25, 0.3) is 0 Å². The predicted molar refractivity (Wildman–Crippen MR) is 77.0 cm³/mol. The summed E-state index contributed by atoms with van der Waals surface area (Å²) < 4.78 is 40.1. The number of halogens is 3. The van der Waals surface area contributed by atoms with E-state index in [-0.39, 0.29) is 5.54 Å². The summed E-state index contributed by atoms with van der Waals surface area (Å²) in [4.78, 5) is 2.00. The Balaban J connectivity index is 1.86. The molecule has 0 radical (unpaired) electrons. The highest BCUT2D eigenvalue weighted by molar-refractivity contribution is 5.48. The number of anilines is 1. The molecule has 0 bridgehead atoms. The molecule has 2 aliphatic rings. The van der Waals surface area contributed by atoms with Gasteiger partial charge in [0.2, 0.25) is 0 Å². The highest BCUT2D eigenvalue weighted by atomic mass is 19.2. The average molecular weight is 298 g/mol. The van der Waals surface area contributed by atoms with E-state index in [1.54, 1.807) is 0 Å². The van der Waals surface area contributed by atoms with Crippen molar-refractivity contribution in [2.75, 3.05) is 24.5 Å². The summed E-state index contributed by atoms with van der Waals surface area (Å²) >= 11 is 0. The van der Waals surface area contributed by atoms with E-state index in [0.717, 1.165) is 51.0 Å². The first-order valence-electron chi connectivity index (χ1n) is 7.74. The Bertz CT molecular complexity index is 489. The average Bonchev–Trinajstić information content (AvgIpc) is 2.68. The molecule has 1 N–H and O–H groups in total. The molecule has 2 fully saturated rings. The van der Waals surface area contributed by atoms with Crippen LogP contribution in [-0.4, -0.2) is 25.2 Å². The molecule has 1 aromatic carbocycles. The lowest BCUT2D eigenvalue weighted by Gasteiger charge is -2.40. The molecule has 116 valence electrons. The SMILES string of the molecule is Fc1cc(N2CCCNC3(CCCCC3)C2)cc(F)c1F. The molecule has 1 saturated carbocycles. The maximum absolute atomic E-state index is 13.5. The van der Waals surface area contributed by atoms with Crippen molar-refractivity contribution in [2.24, 2.45) is 0 Å². The van der Waals surface area contributed by atoms with Gasteiger partial charge in [0.05, 0.1) is 0 Å². The van der Waals surface area contributed by atoms with E-state index in [1.165, 1.54) is 19.3 Å². The minimum Gasteiger partial charge on any atom is -0.369 e. The zero-order valence-corrected chi connectivity index (χ0v) is 12.1. The lowest BCUT2D eigenvalue weighted by Crippen LogP contribution is -2.52. The van der Waals surface area contributed by atoms with Crippen LogP contribution < -0.4 is 10.2 Å². The Kier molecular flexibility index (Phi) is 4.11. The molecular formula is C16H21F3N2. The number of hydrogen-bond acceptors (Lipinski definition) is 2. The van der Waals surface area contributed by atoms with Crippen molar-refractivity contribution in [3.63, 3.8) is 0 Å². The summed E-state index contributed by atoms with van der Waals surface area (Å²) in [5, 5.41) is 3.63. The normalized spacial score (nSPS) is 22.3. The Morgan fingerprint density at radius 1 is 0.952 bits per heavy atom. The van der Waals surface area contributed by atoms with Crippen LogP contribution in [0.5, 0.6) is 0 Å². The number of benzene rings is 1. The second kappa shape index (κ2) is 5.87. The molecule has 0 amide bonds. The molecule has 1 aliphatic heterocycles. The van der Waals surface area contributed by atoms with Crippen LogP contribution in [0.2, 0.25) is 0 Å². The fourth-order valence-electron chi connectivity index (χ4n) is 3.63. The van der Waals surface area contributed by atoms with E-state index in [9.17, 15) is 13.2 Å². The van der Waals surface area contributed by atoms with Gasteiger partial charge >= 0.3 is 0 Å². The first kappa shape index (κ1) is 14.7. The fraction of sp³-hybridized carbons (Fsp3) is 0.625. The first-order chi connectivity index (χ1) is 10.1. The maximum atomic E-state index is 13.5. The van der Waals surface area contributed by atoms with Gasteiger partial charge in [0.1, 0.15) is 0 Å². The van der Waals surface area contributed by atoms with E-state index >= 15 is 0 Å². The fourth-order valence-corrected chi connectivity index (χ4v) is 3.63. The van der Waals surface area contributed by atoms with Crippen LogP contribution in [0.4, 0.5) is 18.9 Å². The van der Waals surface area contributed by atoms with Gasteiger partial charge in [-0.3, -0.25) is 0 Å². The van der Waals surface area contributed by atoms with Gasteiger partial charge < -0.3 is 10.2 Å². The van der Waals surface area contributed by atoms with Gasteiger partial charge in [0.15, 0.2) is 17.5 Å². The standard InChI is InChI=1S/C16H21F3N2/c17-13-9-12(10-14(18)15(13)19)21-8-4-7-20-16(11-21)5-2-1-3-6-16/h9-10,20H,1-8,11H2. The van der Waals surface area contributed by atoms with Gasteiger partial charge in [0, 0.05) is 36.4 Å². The Hall–Kier alpha value is -1.23. The van der Waals surface area contributed by atoms with Crippen LogP contribution in [0.15, 0.2) is 12.1 Å². The van der Waals surface area contributed by atoms with E-state index in [4.69, 9.17) is 0 Å². The van der Waals surface area contributed by atoms with Crippen molar-refractivity contribution in [3.8, 4) is 0 Å². The van der Waals surface area contributed by atoms with Gasteiger partial charge in [-0.1, -0.05) is 19.3 Å². The van der Waals surface area contributed by atoms with Crippen molar-refractivity contribution in [3.05, 3.63) is 29.6 Å². The summed E-state index contributed by atoms with van der Waals surface area (Å²) in [5.74, 6) is -3.61. The zero-order valence-electron chi connectivity index (χ0n) is 12.1. The number of rotatable bonds is 1. The second-order valence-corrected chi connectivity index (χ2v) is 6.27. The number of nitrogens with one attached hydrogen (secondary N) is 1. The van der Waals surface area contributed by atoms with Crippen molar-refractivity contribution < 1.29 is 13.2 Å². The zero-order chi connectivity index (χ0) is 14.9. The van der Waals surface area contributed by atoms with Gasteiger partial charge in [-0.15, -0.1) is 0 Å². The van der Waals surface area contributed by atoms with E-state index in [2.05, 4.69) is 5.32 Å². The molecule has 0 aromatic heterocycles.